The van der Waals surface area contributed by atoms with Crippen molar-refractivity contribution in [1.82, 2.24) is 4.90 Å². The van der Waals surface area contributed by atoms with Gasteiger partial charge in [-0.15, -0.1) is 0 Å². The summed E-state index contributed by atoms with van der Waals surface area (Å²) in [5, 5.41) is 0. The normalized spacial score (nSPS) is 29.3. The van der Waals surface area contributed by atoms with E-state index in [1.165, 1.54) is 13.0 Å². The highest BCUT2D eigenvalue weighted by molar-refractivity contribution is 4.72. The molecule has 1 rings (SSSR count). The molecule has 2 nitrogen and oxygen atoms in total. The number of nitrogens with zero attached hydrogens (tertiary/aromatic N) is 1. The Balaban J connectivity index is 2.14. The summed E-state index contributed by atoms with van der Waals surface area (Å²) in [6.07, 6.45) is 1.73. The molecular formula is C7H15NO. The lowest BCUT2D eigenvalue weighted by Crippen LogP contribution is -2.18. The first-order valence-electron chi connectivity index (χ1n) is 3.63. The largest absolute Gasteiger partial charge is 0.377 e. The number of rotatable bonds is 2. The Kier molecular flexibility index (Phi) is 2.49. The smallest absolute Gasteiger partial charge is 0.0713 e. The second-order valence-corrected chi connectivity index (χ2v) is 2.63. The molecule has 1 fully saturated rings. The summed E-state index contributed by atoms with van der Waals surface area (Å²) in [5.41, 5.74) is 0. The summed E-state index contributed by atoms with van der Waals surface area (Å²) in [6, 6.07) is 0. The van der Waals surface area contributed by atoms with Crippen LogP contribution in [0.4, 0.5) is 0 Å². The second-order valence-electron chi connectivity index (χ2n) is 2.63. The van der Waals surface area contributed by atoms with Gasteiger partial charge in [-0.25, -0.2) is 0 Å². The first kappa shape index (κ1) is 7.03. The van der Waals surface area contributed by atoms with E-state index in [-0.39, 0.29) is 0 Å². The van der Waals surface area contributed by atoms with E-state index in [9.17, 15) is 0 Å². The molecule has 1 aliphatic heterocycles. The minimum atomic E-state index is 0.514. The Labute approximate surface area is 56.8 Å². The van der Waals surface area contributed by atoms with Crippen molar-refractivity contribution < 1.29 is 4.74 Å². The van der Waals surface area contributed by atoms with Gasteiger partial charge in [0.15, 0.2) is 0 Å². The molecule has 54 valence electrons. The number of likely N-dealkylation sites (N-methyl/N-ethyl adjacent to an activating group) is 1. The van der Waals surface area contributed by atoms with Crippen LogP contribution >= 0.6 is 0 Å². The fourth-order valence-corrected chi connectivity index (χ4v) is 1.27. The van der Waals surface area contributed by atoms with Gasteiger partial charge in [0.25, 0.3) is 0 Å². The zero-order valence-electron chi connectivity index (χ0n) is 6.26. The van der Waals surface area contributed by atoms with Crippen molar-refractivity contribution in [3.63, 3.8) is 0 Å². The van der Waals surface area contributed by atoms with Gasteiger partial charge in [0, 0.05) is 19.7 Å². The molecule has 0 unspecified atom stereocenters. The maximum Gasteiger partial charge on any atom is 0.0713 e. The number of ether oxygens (including phenoxy) is 1. The molecule has 1 saturated heterocycles. The van der Waals surface area contributed by atoms with Gasteiger partial charge in [-0.2, -0.15) is 0 Å². The van der Waals surface area contributed by atoms with Crippen molar-refractivity contribution in [2.24, 2.45) is 0 Å². The van der Waals surface area contributed by atoms with Crippen LogP contribution in [0.5, 0.6) is 0 Å². The van der Waals surface area contributed by atoms with Gasteiger partial charge in [0.1, 0.15) is 0 Å². The monoisotopic (exact) mass is 129 g/mol. The lowest BCUT2D eigenvalue weighted by atomic mass is 10.3. The highest BCUT2D eigenvalue weighted by Gasteiger charge is 2.18. The zero-order chi connectivity index (χ0) is 6.69. The standard InChI is InChI=1S/C7H15NO/c1-3-9-7-4-5-8(2)6-7/h7H,3-6H2,1-2H3/t7-/m1/s1. The highest BCUT2D eigenvalue weighted by Crippen LogP contribution is 2.09. The summed E-state index contributed by atoms with van der Waals surface area (Å²) in [7, 11) is 2.14. The van der Waals surface area contributed by atoms with Crippen LogP contribution in [0.2, 0.25) is 0 Å². The molecule has 9 heavy (non-hydrogen) atoms. The molecule has 0 saturated carbocycles. The first-order chi connectivity index (χ1) is 4.33. The van der Waals surface area contributed by atoms with Crippen molar-refractivity contribution in [2.45, 2.75) is 19.4 Å². The quantitative estimate of drug-likeness (QED) is 0.545. The molecule has 1 heterocycles. The third-order valence-corrected chi connectivity index (χ3v) is 1.75. The van der Waals surface area contributed by atoms with Crippen LogP contribution in [-0.4, -0.2) is 37.7 Å². The average Bonchev–Trinajstić information content (AvgIpc) is 2.17. The van der Waals surface area contributed by atoms with Gasteiger partial charge in [-0.3, -0.25) is 0 Å². The molecular weight excluding hydrogens is 114 g/mol. The van der Waals surface area contributed by atoms with Crippen LogP contribution in [0.1, 0.15) is 13.3 Å². The van der Waals surface area contributed by atoms with Crippen LogP contribution in [-0.2, 0) is 4.74 Å². The van der Waals surface area contributed by atoms with Gasteiger partial charge in [-0.05, 0) is 20.4 Å². The van der Waals surface area contributed by atoms with Crippen molar-refractivity contribution in [3.05, 3.63) is 0 Å². The van der Waals surface area contributed by atoms with Crippen LogP contribution in [0.25, 0.3) is 0 Å². The zero-order valence-corrected chi connectivity index (χ0v) is 6.26. The Morgan fingerprint density at radius 1 is 1.67 bits per heavy atom. The summed E-state index contributed by atoms with van der Waals surface area (Å²) in [4.78, 5) is 2.31. The van der Waals surface area contributed by atoms with E-state index < -0.39 is 0 Å². The van der Waals surface area contributed by atoms with Crippen molar-refractivity contribution >= 4 is 0 Å². The minimum Gasteiger partial charge on any atom is -0.377 e. The molecule has 0 aliphatic carbocycles. The van der Waals surface area contributed by atoms with Gasteiger partial charge in [0.05, 0.1) is 6.10 Å². The van der Waals surface area contributed by atoms with E-state index in [1.54, 1.807) is 0 Å². The maximum absolute atomic E-state index is 5.43. The van der Waals surface area contributed by atoms with E-state index in [4.69, 9.17) is 4.74 Å². The Morgan fingerprint density at radius 2 is 2.44 bits per heavy atom. The summed E-state index contributed by atoms with van der Waals surface area (Å²) in [6.45, 7) is 5.23. The summed E-state index contributed by atoms with van der Waals surface area (Å²) >= 11 is 0. The first-order valence-corrected chi connectivity index (χ1v) is 3.63. The topological polar surface area (TPSA) is 12.5 Å². The van der Waals surface area contributed by atoms with Gasteiger partial charge < -0.3 is 9.64 Å². The molecule has 1 atom stereocenters. The van der Waals surface area contributed by atoms with Crippen molar-refractivity contribution in [3.8, 4) is 0 Å². The molecule has 0 aromatic heterocycles. The molecule has 0 radical (unpaired) electrons. The highest BCUT2D eigenvalue weighted by atomic mass is 16.5. The number of hydrogen-bond donors (Lipinski definition) is 0. The van der Waals surface area contributed by atoms with E-state index in [0.29, 0.717) is 6.10 Å². The van der Waals surface area contributed by atoms with E-state index >= 15 is 0 Å². The predicted octanol–water partition coefficient (Wildman–Crippen LogP) is 0.727. The summed E-state index contributed by atoms with van der Waals surface area (Å²) < 4.78 is 5.43. The average molecular weight is 129 g/mol. The molecule has 0 amide bonds. The Hall–Kier alpha value is -0.0800. The van der Waals surface area contributed by atoms with Crippen LogP contribution in [0.15, 0.2) is 0 Å². The Bertz CT molecular complexity index is 83.0. The van der Waals surface area contributed by atoms with Gasteiger partial charge in [-0.1, -0.05) is 0 Å². The third kappa shape index (κ3) is 1.95. The molecule has 0 spiro atoms. The third-order valence-electron chi connectivity index (χ3n) is 1.75. The number of hydrogen-bond acceptors (Lipinski definition) is 2. The molecule has 0 N–H and O–H groups in total. The van der Waals surface area contributed by atoms with E-state index in [0.717, 1.165) is 13.2 Å². The minimum absolute atomic E-state index is 0.514. The van der Waals surface area contributed by atoms with Crippen LogP contribution in [0.3, 0.4) is 0 Å². The van der Waals surface area contributed by atoms with Crippen molar-refractivity contribution in [2.75, 3.05) is 26.7 Å². The summed E-state index contributed by atoms with van der Waals surface area (Å²) in [5.74, 6) is 0. The van der Waals surface area contributed by atoms with E-state index in [2.05, 4.69) is 18.9 Å². The van der Waals surface area contributed by atoms with Crippen LogP contribution in [0, 0.1) is 0 Å². The fraction of sp³-hybridized carbons (Fsp3) is 1.00. The molecule has 1 aliphatic rings. The van der Waals surface area contributed by atoms with E-state index in [1.807, 2.05) is 0 Å². The van der Waals surface area contributed by atoms with Gasteiger partial charge >= 0.3 is 0 Å². The molecule has 2 heteroatoms. The fourth-order valence-electron chi connectivity index (χ4n) is 1.27. The lowest BCUT2D eigenvalue weighted by Gasteiger charge is -2.09. The van der Waals surface area contributed by atoms with Crippen LogP contribution < -0.4 is 0 Å². The molecule has 0 aromatic carbocycles. The predicted molar refractivity (Wildman–Crippen MR) is 37.5 cm³/mol. The van der Waals surface area contributed by atoms with Gasteiger partial charge in [0.2, 0.25) is 0 Å². The number of likely N-dealkylation sites (tertiary alicyclic amines) is 1. The molecule has 0 bridgehead atoms. The lowest BCUT2D eigenvalue weighted by molar-refractivity contribution is 0.0709. The van der Waals surface area contributed by atoms with Crippen molar-refractivity contribution in [1.29, 1.82) is 0 Å². The second kappa shape index (κ2) is 3.18. The molecule has 0 aromatic rings. The maximum atomic E-state index is 5.43. The SMILES string of the molecule is CCO[C@@H]1CCN(C)C1. The Morgan fingerprint density at radius 3 is 2.89 bits per heavy atom.